The summed E-state index contributed by atoms with van der Waals surface area (Å²) in [5, 5.41) is 3.00. The Morgan fingerprint density at radius 3 is 3.08 bits per heavy atom. The second-order valence-electron chi connectivity index (χ2n) is 3.01. The quantitative estimate of drug-likeness (QED) is 0.353. The van der Waals surface area contributed by atoms with Crippen LogP contribution in [-0.4, -0.2) is 12.0 Å². The molecule has 0 radical (unpaired) electrons. The number of benzene rings is 1. The molecular weight excluding hydrogens is 168 g/mol. The lowest BCUT2D eigenvalue weighted by Crippen LogP contribution is -2.34. The third-order valence-electron chi connectivity index (χ3n) is 1.97. The number of hydrogen-bond donors (Lipinski definition) is 2. The van der Waals surface area contributed by atoms with Crippen LogP contribution in [0.2, 0.25) is 0 Å². The van der Waals surface area contributed by atoms with Gasteiger partial charge in [-0.15, -0.1) is 0 Å². The highest BCUT2D eigenvalue weighted by molar-refractivity contribution is 5.89. The molecule has 4 nitrogen and oxygen atoms in total. The second-order valence-corrected chi connectivity index (χ2v) is 3.01. The summed E-state index contributed by atoms with van der Waals surface area (Å²) in [5.74, 6) is 0.135. The van der Waals surface area contributed by atoms with E-state index in [0.29, 0.717) is 11.4 Å². The van der Waals surface area contributed by atoms with Gasteiger partial charge in [0.25, 0.3) is 0 Å². The van der Waals surface area contributed by atoms with E-state index in [4.69, 9.17) is 10.5 Å². The molecule has 1 atom stereocenters. The van der Waals surface area contributed by atoms with Crippen LogP contribution in [0, 0.1) is 0 Å². The summed E-state index contributed by atoms with van der Waals surface area (Å²) < 4.78 is 5.05. The van der Waals surface area contributed by atoms with Crippen molar-refractivity contribution in [1.82, 2.24) is 0 Å². The van der Waals surface area contributed by atoms with Gasteiger partial charge >= 0.3 is 5.97 Å². The van der Waals surface area contributed by atoms with E-state index >= 15 is 0 Å². The van der Waals surface area contributed by atoms with Crippen molar-refractivity contribution in [2.75, 3.05) is 11.1 Å². The lowest BCUT2D eigenvalue weighted by Gasteiger charge is -2.23. The van der Waals surface area contributed by atoms with Crippen LogP contribution in [0.1, 0.15) is 6.92 Å². The Morgan fingerprint density at radius 2 is 2.31 bits per heavy atom. The summed E-state index contributed by atoms with van der Waals surface area (Å²) in [6.45, 7) is 1.74. The Bertz CT molecular complexity index is 363. The van der Waals surface area contributed by atoms with Crippen molar-refractivity contribution in [1.29, 1.82) is 0 Å². The Labute approximate surface area is 75.7 Å². The maximum absolute atomic E-state index is 11.2. The highest BCUT2D eigenvalue weighted by Gasteiger charge is 2.24. The maximum Gasteiger partial charge on any atom is 0.333 e. The first-order valence-electron chi connectivity index (χ1n) is 4.05. The lowest BCUT2D eigenvalue weighted by atomic mass is 10.2. The monoisotopic (exact) mass is 178 g/mol. The molecule has 3 N–H and O–H groups in total. The molecule has 0 aliphatic carbocycles. The van der Waals surface area contributed by atoms with Gasteiger partial charge in [-0.1, -0.05) is 6.07 Å². The Hall–Kier alpha value is -1.71. The van der Waals surface area contributed by atoms with Crippen LogP contribution in [0.5, 0.6) is 5.75 Å². The average molecular weight is 178 g/mol. The van der Waals surface area contributed by atoms with Crippen molar-refractivity contribution in [3.05, 3.63) is 18.2 Å². The first-order chi connectivity index (χ1) is 6.18. The number of hydrogen-bond acceptors (Lipinski definition) is 4. The molecule has 0 fully saturated rings. The van der Waals surface area contributed by atoms with E-state index in [9.17, 15) is 4.79 Å². The van der Waals surface area contributed by atoms with Crippen molar-refractivity contribution in [3.8, 4) is 5.75 Å². The topological polar surface area (TPSA) is 64.3 Å². The molecule has 0 saturated carbocycles. The molecule has 1 aromatic rings. The van der Waals surface area contributed by atoms with E-state index in [1.165, 1.54) is 0 Å². The van der Waals surface area contributed by atoms with Crippen LogP contribution >= 0.6 is 0 Å². The molecule has 0 bridgehead atoms. The predicted molar refractivity (Wildman–Crippen MR) is 49.6 cm³/mol. The lowest BCUT2D eigenvalue weighted by molar-refractivity contribution is -0.135. The summed E-state index contributed by atoms with van der Waals surface area (Å²) in [6.07, 6.45) is 0. The highest BCUT2D eigenvalue weighted by atomic mass is 16.5. The van der Waals surface area contributed by atoms with Gasteiger partial charge in [0.05, 0.1) is 11.4 Å². The predicted octanol–water partition coefficient (Wildman–Crippen LogP) is 0.988. The molecule has 13 heavy (non-hydrogen) atoms. The first kappa shape index (κ1) is 7.91. The van der Waals surface area contributed by atoms with Gasteiger partial charge in [0, 0.05) is 0 Å². The second kappa shape index (κ2) is 2.65. The van der Waals surface area contributed by atoms with Gasteiger partial charge in [0.1, 0.15) is 6.04 Å². The number of para-hydroxylation sites is 1. The summed E-state index contributed by atoms with van der Waals surface area (Å²) in [6, 6.07) is 5.03. The Kier molecular flexibility index (Phi) is 1.62. The van der Waals surface area contributed by atoms with Crippen LogP contribution in [0.3, 0.4) is 0 Å². The van der Waals surface area contributed by atoms with Crippen molar-refractivity contribution in [2.45, 2.75) is 13.0 Å². The number of esters is 1. The van der Waals surface area contributed by atoms with E-state index in [-0.39, 0.29) is 12.0 Å². The van der Waals surface area contributed by atoms with Gasteiger partial charge in [0.2, 0.25) is 0 Å². The molecule has 68 valence electrons. The normalized spacial score (nSPS) is 20.1. The van der Waals surface area contributed by atoms with Crippen molar-refractivity contribution in [2.24, 2.45) is 0 Å². The molecule has 1 unspecified atom stereocenters. The van der Waals surface area contributed by atoms with E-state index in [2.05, 4.69) is 5.32 Å². The fourth-order valence-corrected chi connectivity index (χ4v) is 1.26. The molecule has 4 heteroatoms. The average Bonchev–Trinajstić information content (AvgIpc) is 2.09. The summed E-state index contributed by atoms with van der Waals surface area (Å²) in [7, 11) is 0. The first-order valence-corrected chi connectivity index (χ1v) is 4.05. The molecular formula is C9H10N2O2. The Balaban J connectivity index is 2.48. The van der Waals surface area contributed by atoms with Crippen LogP contribution in [-0.2, 0) is 4.79 Å². The third-order valence-corrected chi connectivity index (χ3v) is 1.97. The zero-order valence-corrected chi connectivity index (χ0v) is 7.20. The fourth-order valence-electron chi connectivity index (χ4n) is 1.26. The molecule has 0 amide bonds. The number of nitrogens with two attached hydrogens (primary N) is 1. The third kappa shape index (κ3) is 1.20. The van der Waals surface area contributed by atoms with E-state index in [1.807, 2.05) is 12.1 Å². The van der Waals surface area contributed by atoms with Gasteiger partial charge in [-0.25, -0.2) is 4.79 Å². The number of nitrogen functional groups attached to an aromatic ring is 1. The number of anilines is 2. The van der Waals surface area contributed by atoms with Crippen LogP contribution in [0.4, 0.5) is 11.4 Å². The SMILES string of the molecule is CC1Nc2cccc(N)c2OC1=O. The number of carbonyl (C=O) groups excluding carboxylic acids is 1. The largest absolute Gasteiger partial charge is 0.421 e. The zero-order chi connectivity index (χ0) is 9.42. The van der Waals surface area contributed by atoms with Gasteiger partial charge in [-0.05, 0) is 19.1 Å². The van der Waals surface area contributed by atoms with E-state index in [0.717, 1.165) is 5.69 Å². The van der Waals surface area contributed by atoms with Crippen molar-refractivity contribution in [3.63, 3.8) is 0 Å². The van der Waals surface area contributed by atoms with Crippen LogP contribution < -0.4 is 15.8 Å². The zero-order valence-electron chi connectivity index (χ0n) is 7.20. The molecule has 1 aliphatic heterocycles. The molecule has 1 heterocycles. The van der Waals surface area contributed by atoms with Gasteiger partial charge < -0.3 is 15.8 Å². The number of nitrogens with one attached hydrogen (secondary N) is 1. The number of fused-ring (bicyclic) bond motifs is 1. The minimum Gasteiger partial charge on any atom is -0.421 e. The smallest absolute Gasteiger partial charge is 0.333 e. The van der Waals surface area contributed by atoms with Crippen LogP contribution in [0.15, 0.2) is 18.2 Å². The molecule has 1 aromatic carbocycles. The molecule has 2 rings (SSSR count). The summed E-state index contributed by atoms with van der Waals surface area (Å²) in [5.41, 5.74) is 6.88. The van der Waals surface area contributed by atoms with Crippen molar-refractivity contribution >= 4 is 17.3 Å². The fraction of sp³-hybridized carbons (Fsp3) is 0.222. The van der Waals surface area contributed by atoms with E-state index < -0.39 is 0 Å². The molecule has 0 spiro atoms. The molecule has 0 aromatic heterocycles. The number of carbonyl (C=O) groups is 1. The summed E-state index contributed by atoms with van der Waals surface area (Å²) in [4.78, 5) is 11.2. The highest BCUT2D eigenvalue weighted by Crippen LogP contribution is 2.34. The van der Waals surface area contributed by atoms with Gasteiger partial charge in [-0.3, -0.25) is 0 Å². The van der Waals surface area contributed by atoms with Crippen LogP contribution in [0.25, 0.3) is 0 Å². The molecule has 0 saturated heterocycles. The van der Waals surface area contributed by atoms with Gasteiger partial charge in [0.15, 0.2) is 5.75 Å². The minimum absolute atomic E-state index is 0.301. The van der Waals surface area contributed by atoms with E-state index in [1.54, 1.807) is 13.0 Å². The van der Waals surface area contributed by atoms with Crippen molar-refractivity contribution < 1.29 is 9.53 Å². The Morgan fingerprint density at radius 1 is 1.54 bits per heavy atom. The molecule has 1 aliphatic rings. The number of ether oxygens (including phenoxy) is 1. The maximum atomic E-state index is 11.2. The number of rotatable bonds is 0. The standard InChI is InChI=1S/C9H10N2O2/c1-5-9(12)13-8-6(10)3-2-4-7(8)11-5/h2-5,11H,10H2,1H3. The summed E-state index contributed by atoms with van der Waals surface area (Å²) >= 11 is 0. The minimum atomic E-state index is -0.311. The van der Waals surface area contributed by atoms with Gasteiger partial charge in [-0.2, -0.15) is 0 Å².